The van der Waals surface area contributed by atoms with Crippen LogP contribution in [0.4, 0.5) is 13.2 Å². The first-order valence-corrected chi connectivity index (χ1v) is 8.13. The molecule has 2 N–H and O–H groups in total. The van der Waals surface area contributed by atoms with Gasteiger partial charge in [0.2, 0.25) is 0 Å². The molecule has 0 radical (unpaired) electrons. The van der Waals surface area contributed by atoms with Crippen LogP contribution >= 0.6 is 0 Å². The largest absolute Gasteiger partial charge is 0.393 e. The van der Waals surface area contributed by atoms with Gasteiger partial charge < -0.3 is 10.6 Å². The second-order valence-electron chi connectivity index (χ2n) is 7.46. The number of hydrogen-bond acceptors (Lipinski definition) is 2. The van der Waals surface area contributed by atoms with Crippen LogP contribution in [-0.2, 0) is 0 Å². The van der Waals surface area contributed by atoms with Gasteiger partial charge >= 0.3 is 6.18 Å². The smallest absolute Gasteiger partial charge is 0.330 e. The molecule has 0 aromatic carbocycles. The van der Waals surface area contributed by atoms with Crippen LogP contribution in [0.3, 0.4) is 0 Å². The lowest BCUT2D eigenvalue weighted by Crippen LogP contribution is -2.42. The summed E-state index contributed by atoms with van der Waals surface area (Å²) in [6.45, 7) is 9.10. The number of likely N-dealkylation sites (tertiary alicyclic amines) is 1. The minimum Gasteiger partial charge on any atom is -0.330 e. The summed E-state index contributed by atoms with van der Waals surface area (Å²) < 4.78 is 38.3. The Morgan fingerprint density at radius 2 is 1.86 bits per heavy atom. The fourth-order valence-electron chi connectivity index (χ4n) is 3.30. The van der Waals surface area contributed by atoms with Gasteiger partial charge in [0.25, 0.3) is 0 Å². The van der Waals surface area contributed by atoms with Crippen LogP contribution in [0.5, 0.6) is 0 Å². The summed E-state index contributed by atoms with van der Waals surface area (Å²) in [4.78, 5) is 1.99. The molecule has 1 aliphatic rings. The predicted octanol–water partition coefficient (Wildman–Crippen LogP) is 4.05. The molecule has 2 atom stereocenters. The van der Waals surface area contributed by atoms with Crippen molar-refractivity contribution in [3.8, 4) is 0 Å². The Morgan fingerprint density at radius 1 is 1.19 bits per heavy atom. The van der Waals surface area contributed by atoms with Crippen LogP contribution in [0.1, 0.15) is 52.9 Å². The Hall–Kier alpha value is -0.290. The van der Waals surface area contributed by atoms with Crippen molar-refractivity contribution in [1.29, 1.82) is 0 Å². The molecule has 1 aliphatic heterocycles. The average Bonchev–Trinajstić information content (AvgIpc) is 2.36. The summed E-state index contributed by atoms with van der Waals surface area (Å²) >= 11 is 0. The zero-order valence-corrected chi connectivity index (χ0v) is 13.7. The number of halogens is 3. The van der Waals surface area contributed by atoms with Crippen LogP contribution in [0.15, 0.2) is 0 Å². The van der Waals surface area contributed by atoms with Gasteiger partial charge in [-0.3, -0.25) is 0 Å². The van der Waals surface area contributed by atoms with Crippen LogP contribution < -0.4 is 5.73 Å². The lowest BCUT2D eigenvalue weighted by Gasteiger charge is -2.35. The van der Waals surface area contributed by atoms with Crippen LogP contribution in [-0.4, -0.2) is 37.3 Å². The first kappa shape index (κ1) is 18.8. The third-order valence-electron chi connectivity index (χ3n) is 4.74. The van der Waals surface area contributed by atoms with Crippen molar-refractivity contribution in [2.24, 2.45) is 23.0 Å². The first-order chi connectivity index (χ1) is 9.64. The molecule has 0 aromatic heterocycles. The van der Waals surface area contributed by atoms with E-state index in [2.05, 4.69) is 20.8 Å². The minimum atomic E-state index is -4.04. The summed E-state index contributed by atoms with van der Waals surface area (Å²) in [6, 6.07) is 0. The third kappa shape index (κ3) is 6.55. The highest BCUT2D eigenvalue weighted by molar-refractivity contribution is 4.79. The summed E-state index contributed by atoms with van der Waals surface area (Å²) in [5.74, 6) is -0.584. The van der Waals surface area contributed by atoms with Crippen LogP contribution in [0.25, 0.3) is 0 Å². The van der Waals surface area contributed by atoms with Crippen molar-refractivity contribution in [1.82, 2.24) is 4.90 Å². The van der Waals surface area contributed by atoms with Crippen molar-refractivity contribution < 1.29 is 13.2 Å². The maximum absolute atomic E-state index is 12.8. The van der Waals surface area contributed by atoms with Crippen LogP contribution in [0, 0.1) is 17.3 Å². The Bertz CT molecular complexity index is 297. The Morgan fingerprint density at radius 3 is 2.38 bits per heavy atom. The molecule has 1 fully saturated rings. The van der Waals surface area contributed by atoms with E-state index in [0.29, 0.717) is 18.9 Å². The van der Waals surface area contributed by atoms with Gasteiger partial charge in [0.15, 0.2) is 0 Å². The standard InChI is InChI=1S/C16H31F3N2/c1-15(2,3)13(8-9-20)6-4-10-21-11-5-7-14(12-21)16(17,18)19/h13-14H,4-12,20H2,1-3H3. The fourth-order valence-corrected chi connectivity index (χ4v) is 3.30. The van der Waals surface area contributed by atoms with Crippen molar-refractivity contribution >= 4 is 0 Å². The predicted molar refractivity (Wildman–Crippen MR) is 81.1 cm³/mol. The third-order valence-corrected chi connectivity index (χ3v) is 4.74. The zero-order chi connectivity index (χ0) is 16.1. The number of rotatable bonds is 6. The van der Waals surface area contributed by atoms with Gasteiger partial charge in [0, 0.05) is 6.54 Å². The van der Waals surface area contributed by atoms with E-state index in [4.69, 9.17) is 5.73 Å². The molecule has 0 amide bonds. The highest BCUT2D eigenvalue weighted by atomic mass is 19.4. The minimum absolute atomic E-state index is 0.181. The molecular formula is C16H31F3N2. The molecule has 21 heavy (non-hydrogen) atoms. The number of hydrogen-bond donors (Lipinski definition) is 1. The van der Waals surface area contributed by atoms with Crippen molar-refractivity contribution in [2.45, 2.75) is 59.1 Å². The SMILES string of the molecule is CC(C)(C)C(CCN)CCCN1CCCC(C(F)(F)F)C1. The topological polar surface area (TPSA) is 29.3 Å². The first-order valence-electron chi connectivity index (χ1n) is 8.13. The van der Waals surface area contributed by atoms with Gasteiger partial charge in [-0.1, -0.05) is 20.8 Å². The van der Waals surface area contributed by atoms with Crippen molar-refractivity contribution in [3.05, 3.63) is 0 Å². The summed E-state index contributed by atoms with van der Waals surface area (Å²) in [5.41, 5.74) is 5.89. The van der Waals surface area contributed by atoms with E-state index in [1.807, 2.05) is 4.90 Å². The van der Waals surface area contributed by atoms with E-state index >= 15 is 0 Å². The molecule has 0 aliphatic carbocycles. The number of nitrogens with two attached hydrogens (primary N) is 1. The molecule has 0 saturated carbocycles. The molecular weight excluding hydrogens is 277 g/mol. The molecule has 0 aromatic rings. The van der Waals surface area contributed by atoms with Gasteiger partial charge in [-0.05, 0) is 63.1 Å². The maximum Gasteiger partial charge on any atom is 0.393 e. The second kappa shape index (κ2) is 7.82. The second-order valence-corrected chi connectivity index (χ2v) is 7.46. The molecule has 0 bridgehead atoms. The van der Waals surface area contributed by atoms with E-state index in [-0.39, 0.29) is 18.4 Å². The molecule has 1 heterocycles. The van der Waals surface area contributed by atoms with Crippen LogP contribution in [0.2, 0.25) is 0 Å². The lowest BCUT2D eigenvalue weighted by atomic mass is 9.76. The van der Waals surface area contributed by atoms with Gasteiger partial charge in [-0.25, -0.2) is 0 Å². The molecule has 126 valence electrons. The molecule has 0 spiro atoms. The molecule has 1 saturated heterocycles. The maximum atomic E-state index is 12.8. The number of piperidine rings is 1. The molecule has 2 unspecified atom stereocenters. The van der Waals surface area contributed by atoms with E-state index in [1.165, 1.54) is 0 Å². The van der Waals surface area contributed by atoms with Gasteiger partial charge in [0.05, 0.1) is 5.92 Å². The lowest BCUT2D eigenvalue weighted by molar-refractivity contribution is -0.186. The zero-order valence-electron chi connectivity index (χ0n) is 13.7. The van der Waals surface area contributed by atoms with Crippen molar-refractivity contribution in [2.75, 3.05) is 26.2 Å². The van der Waals surface area contributed by atoms with E-state index in [1.54, 1.807) is 0 Å². The number of alkyl halides is 3. The average molecular weight is 308 g/mol. The van der Waals surface area contributed by atoms with Gasteiger partial charge in [-0.15, -0.1) is 0 Å². The summed E-state index contributed by atoms with van der Waals surface area (Å²) in [7, 11) is 0. The highest BCUT2D eigenvalue weighted by Crippen LogP contribution is 2.34. The number of nitrogens with zero attached hydrogens (tertiary/aromatic N) is 1. The molecule has 5 heteroatoms. The monoisotopic (exact) mass is 308 g/mol. The Labute approximate surface area is 127 Å². The molecule has 1 rings (SSSR count). The summed E-state index contributed by atoms with van der Waals surface area (Å²) in [6.07, 6.45) is -0.0747. The fraction of sp³-hybridized carbons (Fsp3) is 1.00. The quantitative estimate of drug-likeness (QED) is 0.802. The highest BCUT2D eigenvalue weighted by Gasteiger charge is 2.41. The van der Waals surface area contributed by atoms with E-state index < -0.39 is 12.1 Å². The van der Waals surface area contributed by atoms with E-state index in [0.717, 1.165) is 32.4 Å². The molecule has 2 nitrogen and oxygen atoms in total. The Kier molecular flexibility index (Phi) is 6.98. The van der Waals surface area contributed by atoms with Gasteiger partial charge in [0.1, 0.15) is 0 Å². The van der Waals surface area contributed by atoms with Gasteiger partial charge in [-0.2, -0.15) is 13.2 Å². The van der Waals surface area contributed by atoms with Crippen molar-refractivity contribution in [3.63, 3.8) is 0 Å². The normalized spacial score (nSPS) is 23.3. The Balaban J connectivity index is 2.37. The summed E-state index contributed by atoms with van der Waals surface area (Å²) in [5, 5.41) is 0. The van der Waals surface area contributed by atoms with E-state index in [9.17, 15) is 13.2 Å².